The van der Waals surface area contributed by atoms with Crippen molar-refractivity contribution in [3.8, 4) is 5.75 Å². The molecule has 2 aromatic rings. The fourth-order valence-corrected chi connectivity index (χ4v) is 1.63. The highest BCUT2D eigenvalue weighted by Gasteiger charge is 2.13. The lowest BCUT2D eigenvalue weighted by Gasteiger charge is -2.13. The van der Waals surface area contributed by atoms with Gasteiger partial charge in [0.25, 0.3) is 0 Å². The van der Waals surface area contributed by atoms with Gasteiger partial charge in [0.15, 0.2) is 16.7 Å². The Morgan fingerprint density at radius 3 is 2.59 bits per heavy atom. The first-order valence-electron chi connectivity index (χ1n) is 5.11. The van der Waals surface area contributed by atoms with Gasteiger partial charge in [-0.1, -0.05) is 0 Å². The van der Waals surface area contributed by atoms with Gasteiger partial charge in [-0.05, 0) is 43.4 Å². The van der Waals surface area contributed by atoms with Gasteiger partial charge in [0, 0.05) is 7.05 Å². The van der Waals surface area contributed by atoms with Crippen molar-refractivity contribution in [2.24, 2.45) is 7.05 Å². The number of aromatic amines is 1. The van der Waals surface area contributed by atoms with Crippen LogP contribution in [0.15, 0.2) is 24.3 Å². The summed E-state index contributed by atoms with van der Waals surface area (Å²) in [4.78, 5) is 0. The number of halogens is 1. The monoisotopic (exact) mass is 253 g/mol. The van der Waals surface area contributed by atoms with Gasteiger partial charge in [0.05, 0.1) is 0 Å². The van der Waals surface area contributed by atoms with Crippen molar-refractivity contribution in [3.05, 3.63) is 40.7 Å². The van der Waals surface area contributed by atoms with Gasteiger partial charge in [0.2, 0.25) is 0 Å². The largest absolute Gasteiger partial charge is 0.483 e. The van der Waals surface area contributed by atoms with Crippen LogP contribution in [0.2, 0.25) is 0 Å². The Balaban J connectivity index is 2.17. The normalized spacial score (nSPS) is 12.4. The maximum Gasteiger partial charge on any atom is 0.195 e. The molecule has 0 amide bonds. The molecule has 17 heavy (non-hydrogen) atoms. The molecule has 1 heterocycles. The van der Waals surface area contributed by atoms with E-state index in [-0.39, 0.29) is 11.9 Å². The Hall–Kier alpha value is -1.69. The zero-order chi connectivity index (χ0) is 12.4. The van der Waals surface area contributed by atoms with Crippen LogP contribution in [0, 0.1) is 10.6 Å². The van der Waals surface area contributed by atoms with Gasteiger partial charge >= 0.3 is 0 Å². The lowest BCUT2D eigenvalue weighted by Crippen LogP contribution is -2.09. The van der Waals surface area contributed by atoms with Crippen LogP contribution in [-0.2, 0) is 7.05 Å². The van der Waals surface area contributed by atoms with Crippen LogP contribution < -0.4 is 4.74 Å². The van der Waals surface area contributed by atoms with E-state index in [1.54, 1.807) is 16.7 Å². The lowest BCUT2D eigenvalue weighted by atomic mass is 10.3. The number of nitrogens with zero attached hydrogens (tertiary/aromatic N) is 2. The molecule has 1 aromatic heterocycles. The average Bonchev–Trinajstić information content (AvgIpc) is 2.63. The summed E-state index contributed by atoms with van der Waals surface area (Å²) in [7, 11) is 1.81. The van der Waals surface area contributed by atoms with Crippen LogP contribution in [0.25, 0.3) is 0 Å². The molecule has 0 fully saturated rings. The molecule has 4 nitrogen and oxygen atoms in total. The molecule has 6 heteroatoms. The fraction of sp³-hybridized carbons (Fsp3) is 0.273. The molecule has 2 rings (SSSR count). The summed E-state index contributed by atoms with van der Waals surface area (Å²) < 4.78 is 20.6. The highest BCUT2D eigenvalue weighted by molar-refractivity contribution is 7.71. The maximum absolute atomic E-state index is 12.7. The smallest absolute Gasteiger partial charge is 0.195 e. The number of hydrogen-bond acceptors (Lipinski definition) is 3. The second-order valence-electron chi connectivity index (χ2n) is 3.66. The van der Waals surface area contributed by atoms with Crippen LogP contribution in [0.5, 0.6) is 5.75 Å². The number of hydrogen-bond donors (Lipinski definition) is 1. The minimum Gasteiger partial charge on any atom is -0.483 e. The third kappa shape index (κ3) is 2.52. The second-order valence-corrected chi connectivity index (χ2v) is 4.05. The summed E-state index contributed by atoms with van der Waals surface area (Å²) >= 11 is 5.01. The standard InChI is InChI=1S/C11H12FN3OS/c1-7(10-13-14-11(17)15(10)2)16-9-5-3-8(12)4-6-9/h3-7H,1-2H3,(H,14,17)/t7-/m1/s1. The van der Waals surface area contributed by atoms with Gasteiger partial charge in [-0.25, -0.2) is 4.39 Å². The first-order valence-corrected chi connectivity index (χ1v) is 5.52. The summed E-state index contributed by atoms with van der Waals surface area (Å²) in [5.41, 5.74) is 0. The minimum absolute atomic E-state index is 0.265. The molecule has 0 saturated heterocycles. The molecule has 1 atom stereocenters. The number of nitrogens with one attached hydrogen (secondary N) is 1. The van der Waals surface area contributed by atoms with Gasteiger partial charge < -0.3 is 9.30 Å². The summed E-state index contributed by atoms with van der Waals surface area (Å²) in [6, 6.07) is 5.86. The van der Waals surface area contributed by atoms with E-state index in [1.807, 2.05) is 14.0 Å². The SMILES string of the molecule is C[C@@H](Oc1ccc(F)cc1)c1n[nH]c(=S)n1C. The topological polar surface area (TPSA) is 42.8 Å². The summed E-state index contributed by atoms with van der Waals surface area (Å²) in [6.45, 7) is 1.86. The molecule has 0 aliphatic heterocycles. The van der Waals surface area contributed by atoms with Gasteiger partial charge in [-0.15, -0.1) is 0 Å². The number of H-pyrrole nitrogens is 1. The molecule has 90 valence electrons. The van der Waals surface area contributed by atoms with E-state index in [0.717, 1.165) is 0 Å². The quantitative estimate of drug-likeness (QED) is 0.855. The Labute approximate surface area is 103 Å². The minimum atomic E-state index is -0.289. The highest BCUT2D eigenvalue weighted by Crippen LogP contribution is 2.20. The molecule has 0 bridgehead atoms. The molecule has 0 spiro atoms. The highest BCUT2D eigenvalue weighted by atomic mass is 32.1. The van der Waals surface area contributed by atoms with Crippen molar-refractivity contribution >= 4 is 12.2 Å². The van der Waals surface area contributed by atoms with Crippen LogP contribution in [0.1, 0.15) is 18.9 Å². The molecular formula is C11H12FN3OS. The zero-order valence-electron chi connectivity index (χ0n) is 9.48. The Morgan fingerprint density at radius 2 is 2.06 bits per heavy atom. The van der Waals surface area contributed by atoms with Crippen molar-refractivity contribution in [3.63, 3.8) is 0 Å². The van der Waals surface area contributed by atoms with E-state index in [0.29, 0.717) is 16.3 Å². The summed E-state index contributed by atoms with van der Waals surface area (Å²) in [5, 5.41) is 6.76. The first kappa shape index (κ1) is 11.8. The third-order valence-corrected chi connectivity index (χ3v) is 2.77. The maximum atomic E-state index is 12.7. The molecule has 0 radical (unpaired) electrons. The third-order valence-electron chi connectivity index (χ3n) is 2.40. The fourth-order valence-electron chi connectivity index (χ4n) is 1.49. The number of benzene rings is 1. The average molecular weight is 253 g/mol. The van der Waals surface area contributed by atoms with Crippen molar-refractivity contribution < 1.29 is 9.13 Å². The van der Waals surface area contributed by atoms with Crippen LogP contribution in [0.3, 0.4) is 0 Å². The summed E-state index contributed by atoms with van der Waals surface area (Å²) in [6.07, 6.45) is -0.265. The predicted octanol–water partition coefficient (Wildman–Crippen LogP) is 2.76. The molecule has 1 N–H and O–H groups in total. The predicted molar refractivity (Wildman–Crippen MR) is 63.8 cm³/mol. The van der Waals surface area contributed by atoms with E-state index in [9.17, 15) is 4.39 Å². The van der Waals surface area contributed by atoms with Crippen LogP contribution in [0.4, 0.5) is 4.39 Å². The van der Waals surface area contributed by atoms with Gasteiger partial charge in [0.1, 0.15) is 11.6 Å². The summed E-state index contributed by atoms with van der Waals surface area (Å²) in [5.74, 6) is 0.996. The Kier molecular flexibility index (Phi) is 3.23. The Morgan fingerprint density at radius 1 is 1.41 bits per heavy atom. The van der Waals surface area contributed by atoms with Crippen LogP contribution in [-0.4, -0.2) is 14.8 Å². The molecular weight excluding hydrogens is 241 g/mol. The van der Waals surface area contributed by atoms with E-state index < -0.39 is 0 Å². The van der Waals surface area contributed by atoms with E-state index >= 15 is 0 Å². The van der Waals surface area contributed by atoms with E-state index in [4.69, 9.17) is 17.0 Å². The van der Waals surface area contributed by atoms with Crippen LogP contribution >= 0.6 is 12.2 Å². The molecule has 1 aromatic carbocycles. The van der Waals surface area contributed by atoms with Crippen molar-refractivity contribution in [1.29, 1.82) is 0 Å². The van der Waals surface area contributed by atoms with E-state index in [1.165, 1.54) is 12.1 Å². The number of rotatable bonds is 3. The molecule has 0 unspecified atom stereocenters. The zero-order valence-corrected chi connectivity index (χ0v) is 10.3. The van der Waals surface area contributed by atoms with Crippen molar-refractivity contribution in [2.75, 3.05) is 0 Å². The second kappa shape index (κ2) is 4.67. The van der Waals surface area contributed by atoms with Crippen molar-refractivity contribution in [1.82, 2.24) is 14.8 Å². The van der Waals surface area contributed by atoms with Crippen molar-refractivity contribution in [2.45, 2.75) is 13.0 Å². The number of aromatic nitrogens is 3. The Bertz CT molecular complexity index is 561. The molecule has 0 saturated carbocycles. The lowest BCUT2D eigenvalue weighted by molar-refractivity contribution is 0.212. The van der Waals surface area contributed by atoms with Gasteiger partial charge in [-0.3, -0.25) is 5.10 Å². The van der Waals surface area contributed by atoms with E-state index in [2.05, 4.69) is 10.2 Å². The molecule has 0 aliphatic carbocycles. The number of ether oxygens (including phenoxy) is 1. The van der Waals surface area contributed by atoms with Gasteiger partial charge in [-0.2, -0.15) is 5.10 Å². The first-order chi connectivity index (χ1) is 8.08. The molecule has 0 aliphatic rings.